The number of aromatic nitrogens is 6. The highest BCUT2D eigenvalue weighted by atomic mass is 16.2. The van der Waals surface area contributed by atoms with E-state index in [1.165, 1.54) is 6.33 Å². The number of nitrogens with one attached hydrogen (secondary N) is 1. The van der Waals surface area contributed by atoms with Crippen molar-refractivity contribution in [3.05, 3.63) is 72.2 Å². The van der Waals surface area contributed by atoms with Gasteiger partial charge in [0.25, 0.3) is 11.7 Å². The minimum absolute atomic E-state index is 0.407. The summed E-state index contributed by atoms with van der Waals surface area (Å²) in [5.74, 6) is -0.299. The molecule has 35 heavy (non-hydrogen) atoms. The number of carbonyl (C=O) groups excluding carboxylic acids is 2. The predicted molar refractivity (Wildman–Crippen MR) is 131 cm³/mol. The van der Waals surface area contributed by atoms with Gasteiger partial charge in [0.05, 0.1) is 11.3 Å². The largest absolute Gasteiger partial charge is 0.358 e. The Kier molecular flexibility index (Phi) is 4.98. The normalized spacial score (nSPS) is 14.1. The Morgan fingerprint density at radius 1 is 0.914 bits per heavy atom. The highest BCUT2D eigenvalue weighted by Gasteiger charge is 2.30. The van der Waals surface area contributed by atoms with E-state index >= 15 is 0 Å². The van der Waals surface area contributed by atoms with Crippen molar-refractivity contribution in [2.75, 3.05) is 31.1 Å². The van der Waals surface area contributed by atoms with Crippen molar-refractivity contribution in [1.29, 1.82) is 0 Å². The van der Waals surface area contributed by atoms with Crippen molar-refractivity contribution in [1.82, 2.24) is 34.8 Å². The molecular formula is C25H22N8O2. The second kappa shape index (κ2) is 8.32. The molecule has 0 atom stereocenters. The third kappa shape index (κ3) is 3.50. The lowest BCUT2D eigenvalue weighted by atomic mass is 10.1. The van der Waals surface area contributed by atoms with Gasteiger partial charge in [-0.25, -0.2) is 9.97 Å². The van der Waals surface area contributed by atoms with Crippen LogP contribution in [0.3, 0.4) is 0 Å². The summed E-state index contributed by atoms with van der Waals surface area (Å²) in [5, 5.41) is 9.38. The maximum absolute atomic E-state index is 13.1. The lowest BCUT2D eigenvalue weighted by Gasteiger charge is -2.34. The van der Waals surface area contributed by atoms with Gasteiger partial charge >= 0.3 is 0 Å². The fourth-order valence-corrected chi connectivity index (χ4v) is 4.65. The number of para-hydroxylation sites is 2. The zero-order valence-electron chi connectivity index (χ0n) is 19.0. The molecule has 4 heterocycles. The molecule has 3 aromatic heterocycles. The Bertz CT molecular complexity index is 1560. The lowest BCUT2D eigenvalue weighted by molar-refractivity contribution is -0.126. The first kappa shape index (κ1) is 21.0. The average molecular weight is 467 g/mol. The van der Waals surface area contributed by atoms with Crippen LogP contribution >= 0.6 is 0 Å². The van der Waals surface area contributed by atoms with E-state index in [-0.39, 0.29) is 0 Å². The molecule has 0 radical (unpaired) electrons. The Morgan fingerprint density at radius 3 is 2.46 bits per heavy atom. The highest BCUT2D eigenvalue weighted by molar-refractivity contribution is 6.45. The predicted octanol–water partition coefficient (Wildman–Crippen LogP) is 2.53. The number of benzene rings is 2. The van der Waals surface area contributed by atoms with E-state index < -0.39 is 11.7 Å². The summed E-state index contributed by atoms with van der Waals surface area (Å²) in [4.78, 5) is 41.9. The molecule has 1 aliphatic heterocycles. The lowest BCUT2D eigenvalue weighted by Crippen LogP contribution is -2.51. The number of hydrogen-bond donors (Lipinski definition) is 1. The van der Waals surface area contributed by atoms with E-state index in [0.29, 0.717) is 54.4 Å². The van der Waals surface area contributed by atoms with Gasteiger partial charge in [-0.05, 0) is 25.1 Å². The van der Waals surface area contributed by atoms with Crippen LogP contribution in [0.15, 0.2) is 60.9 Å². The number of carbonyl (C=O) groups is 2. The van der Waals surface area contributed by atoms with Crippen molar-refractivity contribution >= 4 is 39.6 Å². The molecule has 0 aliphatic carbocycles. The number of amides is 1. The van der Waals surface area contributed by atoms with E-state index in [2.05, 4.69) is 30.2 Å². The first-order valence-electron chi connectivity index (χ1n) is 11.4. The third-order valence-electron chi connectivity index (χ3n) is 6.40. The van der Waals surface area contributed by atoms with Crippen LogP contribution in [0, 0.1) is 6.92 Å². The number of piperazine rings is 1. The van der Waals surface area contributed by atoms with E-state index in [4.69, 9.17) is 0 Å². The molecule has 174 valence electrons. The molecule has 1 amide bonds. The molecule has 0 saturated carbocycles. The van der Waals surface area contributed by atoms with Crippen LogP contribution < -0.4 is 4.90 Å². The van der Waals surface area contributed by atoms with Gasteiger partial charge in [-0.15, -0.1) is 5.10 Å². The fourth-order valence-electron chi connectivity index (χ4n) is 4.65. The molecule has 5 aromatic rings. The zero-order chi connectivity index (χ0) is 23.9. The quantitative estimate of drug-likeness (QED) is 0.320. The summed E-state index contributed by atoms with van der Waals surface area (Å²) in [6.45, 7) is 3.68. The van der Waals surface area contributed by atoms with Gasteiger partial charge in [0.1, 0.15) is 6.33 Å². The molecule has 1 aliphatic rings. The number of H-pyrrole nitrogens is 1. The number of rotatable bonds is 4. The van der Waals surface area contributed by atoms with Gasteiger partial charge < -0.3 is 14.8 Å². The summed E-state index contributed by atoms with van der Waals surface area (Å²) < 4.78 is 1.68. The average Bonchev–Trinajstić information content (AvgIpc) is 3.49. The van der Waals surface area contributed by atoms with Crippen molar-refractivity contribution in [3.8, 4) is 5.69 Å². The molecule has 0 bridgehead atoms. The number of ketones is 1. The molecule has 10 heteroatoms. The van der Waals surface area contributed by atoms with Gasteiger partial charge in [0, 0.05) is 42.8 Å². The summed E-state index contributed by atoms with van der Waals surface area (Å²) in [7, 11) is 0. The molecule has 2 aromatic carbocycles. The Labute approximate surface area is 200 Å². The number of fused-ring (bicyclic) bond motifs is 2. The van der Waals surface area contributed by atoms with Crippen molar-refractivity contribution < 1.29 is 9.59 Å². The molecular weight excluding hydrogens is 444 g/mol. The number of hydrogen-bond acceptors (Lipinski definition) is 7. The van der Waals surface area contributed by atoms with E-state index in [9.17, 15) is 9.59 Å². The Morgan fingerprint density at radius 2 is 1.66 bits per heavy atom. The maximum Gasteiger partial charge on any atom is 0.295 e. The van der Waals surface area contributed by atoms with Crippen LogP contribution in [0.4, 0.5) is 5.82 Å². The summed E-state index contributed by atoms with van der Waals surface area (Å²) >= 11 is 0. The maximum atomic E-state index is 13.1. The number of Topliss-reactive ketones (excluding diaryl/α,β-unsaturated/α-hetero) is 1. The van der Waals surface area contributed by atoms with Crippen LogP contribution in [0.5, 0.6) is 0 Å². The minimum atomic E-state index is -0.486. The standard InChI is InChI=1S/C25H22N8O2/c1-16-20(18-9-5-6-10-19(18)28-16)22(34)25(35)32-13-11-31(12-14-32)23-21-24(27-15-26-23)33(30-29-21)17-7-3-2-4-8-17/h2-10,15,28H,11-14H2,1H3. The number of nitrogens with zero attached hydrogens (tertiary/aromatic N) is 7. The molecule has 0 spiro atoms. The second-order valence-electron chi connectivity index (χ2n) is 8.49. The van der Waals surface area contributed by atoms with Gasteiger partial charge in [-0.3, -0.25) is 9.59 Å². The molecule has 1 fully saturated rings. The van der Waals surface area contributed by atoms with E-state index in [1.54, 1.807) is 9.58 Å². The van der Waals surface area contributed by atoms with Gasteiger partial charge in [0.2, 0.25) is 0 Å². The molecule has 1 N–H and O–H groups in total. The summed E-state index contributed by atoms with van der Waals surface area (Å²) in [5.41, 5.74) is 4.07. The molecule has 0 unspecified atom stereocenters. The number of anilines is 1. The van der Waals surface area contributed by atoms with E-state index in [0.717, 1.165) is 16.6 Å². The third-order valence-corrected chi connectivity index (χ3v) is 6.40. The number of aromatic amines is 1. The van der Waals surface area contributed by atoms with Crippen LogP contribution in [-0.2, 0) is 4.79 Å². The number of aryl methyl sites for hydroxylation is 1. The van der Waals surface area contributed by atoms with Crippen LogP contribution in [0.25, 0.3) is 27.8 Å². The minimum Gasteiger partial charge on any atom is -0.358 e. The Hall–Kier alpha value is -4.60. The topological polar surface area (TPSA) is 113 Å². The molecule has 1 saturated heterocycles. The van der Waals surface area contributed by atoms with Gasteiger partial charge in [0.15, 0.2) is 17.0 Å². The SMILES string of the molecule is Cc1[nH]c2ccccc2c1C(=O)C(=O)N1CCN(c2ncnc3c2nnn3-c2ccccc2)CC1. The highest BCUT2D eigenvalue weighted by Crippen LogP contribution is 2.25. The first-order chi connectivity index (χ1) is 17.1. The zero-order valence-corrected chi connectivity index (χ0v) is 19.0. The second-order valence-corrected chi connectivity index (χ2v) is 8.49. The Balaban J connectivity index is 1.21. The van der Waals surface area contributed by atoms with Crippen LogP contribution in [0.1, 0.15) is 16.1 Å². The van der Waals surface area contributed by atoms with Crippen LogP contribution in [-0.4, -0.2) is 72.7 Å². The molecule has 10 nitrogen and oxygen atoms in total. The van der Waals surface area contributed by atoms with Gasteiger partial charge in [-0.2, -0.15) is 4.68 Å². The fraction of sp³-hybridized carbons (Fsp3) is 0.200. The molecule has 6 rings (SSSR count). The summed E-state index contributed by atoms with van der Waals surface area (Å²) in [6, 6.07) is 17.2. The smallest absolute Gasteiger partial charge is 0.295 e. The van der Waals surface area contributed by atoms with Crippen LogP contribution in [0.2, 0.25) is 0 Å². The van der Waals surface area contributed by atoms with Gasteiger partial charge in [-0.1, -0.05) is 41.6 Å². The summed E-state index contributed by atoms with van der Waals surface area (Å²) in [6.07, 6.45) is 1.50. The van der Waals surface area contributed by atoms with Crippen molar-refractivity contribution in [2.24, 2.45) is 0 Å². The van der Waals surface area contributed by atoms with Crippen molar-refractivity contribution in [3.63, 3.8) is 0 Å². The monoisotopic (exact) mass is 466 g/mol. The van der Waals surface area contributed by atoms with Crippen molar-refractivity contribution in [2.45, 2.75) is 6.92 Å². The first-order valence-corrected chi connectivity index (χ1v) is 11.4. The van der Waals surface area contributed by atoms with E-state index in [1.807, 2.05) is 61.5 Å².